The molecule has 0 spiro atoms. The van der Waals surface area contributed by atoms with Crippen LogP contribution in [0.5, 0.6) is 0 Å². The molecular weight excluding hydrogens is 215 g/mol. The summed E-state index contributed by atoms with van der Waals surface area (Å²) in [6.07, 6.45) is 5.12. The molecule has 1 aliphatic carbocycles. The minimum absolute atomic E-state index is 0.380. The Morgan fingerprint density at radius 2 is 1.60 bits per heavy atom. The van der Waals surface area contributed by atoms with Crippen molar-refractivity contribution < 1.29 is 18.3 Å². The van der Waals surface area contributed by atoms with Gasteiger partial charge in [0.25, 0.3) is 0 Å². The fourth-order valence-corrected chi connectivity index (χ4v) is 3.53. The monoisotopic (exact) mass is 236 g/mol. The van der Waals surface area contributed by atoms with Gasteiger partial charge < -0.3 is 13.8 Å². The second kappa shape index (κ2) is 6.00. The summed E-state index contributed by atoms with van der Waals surface area (Å²) in [5, 5.41) is 0. The molecule has 0 unspecified atom stereocenters. The Morgan fingerprint density at radius 3 is 2.00 bits per heavy atom. The van der Waals surface area contributed by atoms with Crippen LogP contribution in [0.2, 0.25) is 0 Å². The van der Waals surface area contributed by atoms with Crippen molar-refractivity contribution in [1.82, 2.24) is 0 Å². The van der Waals surface area contributed by atoms with Gasteiger partial charge >= 0.3 is 7.60 Å². The fourth-order valence-electron chi connectivity index (χ4n) is 2.09. The van der Waals surface area contributed by atoms with Crippen LogP contribution < -0.4 is 0 Å². The smallest absolute Gasteiger partial charge is 0.330 e. The molecular formula is C10H21O4P. The zero-order valence-corrected chi connectivity index (χ0v) is 10.7. The fraction of sp³-hybridized carbons (Fsp3) is 1.00. The maximum Gasteiger partial charge on any atom is 0.330 e. The van der Waals surface area contributed by atoms with Gasteiger partial charge in [0.2, 0.25) is 0 Å². The Kier molecular flexibility index (Phi) is 5.27. The van der Waals surface area contributed by atoms with Crippen LogP contribution in [0.15, 0.2) is 0 Å². The molecule has 1 rings (SSSR count). The van der Waals surface area contributed by atoms with E-state index in [2.05, 4.69) is 0 Å². The molecule has 1 fully saturated rings. The van der Waals surface area contributed by atoms with Gasteiger partial charge in [0, 0.05) is 21.3 Å². The van der Waals surface area contributed by atoms with Gasteiger partial charge in [0.05, 0.1) is 12.3 Å². The van der Waals surface area contributed by atoms with Crippen molar-refractivity contribution in [2.45, 2.75) is 31.8 Å². The SMILES string of the molecule is COC1CCC(CP(=O)(OC)OC)CC1. The maximum atomic E-state index is 11.9. The summed E-state index contributed by atoms with van der Waals surface area (Å²) in [4.78, 5) is 0. The zero-order chi connectivity index (χ0) is 11.3. The Morgan fingerprint density at radius 1 is 1.07 bits per heavy atom. The van der Waals surface area contributed by atoms with Crippen LogP contribution in [0.1, 0.15) is 25.7 Å². The average Bonchev–Trinajstić information content (AvgIpc) is 2.30. The summed E-state index contributed by atoms with van der Waals surface area (Å²) in [5.74, 6) is 0.446. The first-order chi connectivity index (χ1) is 7.13. The highest BCUT2D eigenvalue weighted by Gasteiger charge is 2.29. The summed E-state index contributed by atoms with van der Waals surface area (Å²) in [6, 6.07) is 0. The molecule has 90 valence electrons. The van der Waals surface area contributed by atoms with Crippen molar-refractivity contribution in [2.75, 3.05) is 27.5 Å². The van der Waals surface area contributed by atoms with E-state index in [1.807, 2.05) is 0 Å². The lowest BCUT2D eigenvalue weighted by Gasteiger charge is -2.28. The lowest BCUT2D eigenvalue weighted by molar-refractivity contribution is 0.0588. The van der Waals surface area contributed by atoms with Crippen molar-refractivity contribution in [3.05, 3.63) is 0 Å². The van der Waals surface area contributed by atoms with Gasteiger partial charge in [-0.3, -0.25) is 4.57 Å². The van der Waals surface area contributed by atoms with Gasteiger partial charge in [0.1, 0.15) is 0 Å². The topological polar surface area (TPSA) is 44.8 Å². The van der Waals surface area contributed by atoms with Crippen LogP contribution in [-0.4, -0.2) is 33.6 Å². The summed E-state index contributed by atoms with van der Waals surface area (Å²) < 4.78 is 27.1. The molecule has 0 bridgehead atoms. The van der Waals surface area contributed by atoms with E-state index in [-0.39, 0.29) is 0 Å². The van der Waals surface area contributed by atoms with Crippen LogP contribution in [-0.2, 0) is 18.3 Å². The van der Waals surface area contributed by atoms with Crippen molar-refractivity contribution in [3.8, 4) is 0 Å². The number of methoxy groups -OCH3 is 1. The van der Waals surface area contributed by atoms with Crippen LogP contribution in [0.3, 0.4) is 0 Å². The molecule has 15 heavy (non-hydrogen) atoms. The van der Waals surface area contributed by atoms with Crippen molar-refractivity contribution in [3.63, 3.8) is 0 Å². The molecule has 0 aromatic carbocycles. The summed E-state index contributed by atoms with van der Waals surface area (Å²) in [7, 11) is 1.83. The van der Waals surface area contributed by atoms with E-state index in [0.717, 1.165) is 25.7 Å². The quantitative estimate of drug-likeness (QED) is 0.688. The van der Waals surface area contributed by atoms with Crippen molar-refractivity contribution >= 4 is 7.60 Å². The lowest BCUT2D eigenvalue weighted by atomic mass is 9.89. The van der Waals surface area contributed by atoms with Crippen molar-refractivity contribution in [2.24, 2.45) is 5.92 Å². The van der Waals surface area contributed by atoms with Crippen LogP contribution in [0.4, 0.5) is 0 Å². The number of ether oxygens (including phenoxy) is 1. The number of rotatable bonds is 5. The standard InChI is InChI=1S/C10H21O4P/c1-12-10-6-4-9(5-7-10)8-15(11,13-2)14-3/h9-10H,4-8H2,1-3H3. The minimum Gasteiger partial charge on any atom is -0.381 e. The molecule has 1 aliphatic rings. The third-order valence-electron chi connectivity index (χ3n) is 3.17. The normalized spacial score (nSPS) is 27.9. The third-order valence-corrected chi connectivity index (χ3v) is 5.24. The maximum absolute atomic E-state index is 11.9. The van der Waals surface area contributed by atoms with Gasteiger partial charge in [-0.1, -0.05) is 0 Å². The van der Waals surface area contributed by atoms with E-state index in [9.17, 15) is 4.57 Å². The highest BCUT2D eigenvalue weighted by Crippen LogP contribution is 2.50. The van der Waals surface area contributed by atoms with Crippen LogP contribution in [0, 0.1) is 5.92 Å². The zero-order valence-electron chi connectivity index (χ0n) is 9.77. The van der Waals surface area contributed by atoms with Crippen LogP contribution in [0.25, 0.3) is 0 Å². The molecule has 0 amide bonds. The molecule has 0 aliphatic heterocycles. The van der Waals surface area contributed by atoms with E-state index in [0.29, 0.717) is 18.2 Å². The highest BCUT2D eigenvalue weighted by atomic mass is 31.2. The first-order valence-electron chi connectivity index (χ1n) is 5.37. The highest BCUT2D eigenvalue weighted by molar-refractivity contribution is 7.53. The molecule has 0 radical (unpaired) electrons. The molecule has 5 heteroatoms. The Hall–Kier alpha value is 0.110. The summed E-state index contributed by atoms with van der Waals surface area (Å²) >= 11 is 0. The van der Waals surface area contributed by atoms with Gasteiger partial charge in [-0.2, -0.15) is 0 Å². The van der Waals surface area contributed by atoms with Gasteiger partial charge in [-0.05, 0) is 31.6 Å². The Bertz CT molecular complexity index is 215. The van der Waals surface area contributed by atoms with E-state index in [1.54, 1.807) is 7.11 Å². The number of hydrogen-bond acceptors (Lipinski definition) is 4. The molecule has 0 N–H and O–H groups in total. The van der Waals surface area contributed by atoms with E-state index in [1.165, 1.54) is 14.2 Å². The van der Waals surface area contributed by atoms with E-state index >= 15 is 0 Å². The first kappa shape index (κ1) is 13.2. The number of hydrogen-bond donors (Lipinski definition) is 0. The molecule has 4 nitrogen and oxygen atoms in total. The third kappa shape index (κ3) is 3.87. The largest absolute Gasteiger partial charge is 0.381 e. The summed E-state index contributed by atoms with van der Waals surface area (Å²) in [5.41, 5.74) is 0. The average molecular weight is 236 g/mol. The lowest BCUT2D eigenvalue weighted by Crippen LogP contribution is -2.22. The molecule has 0 atom stereocenters. The predicted octanol–water partition coefficient (Wildman–Crippen LogP) is 2.68. The van der Waals surface area contributed by atoms with Crippen LogP contribution >= 0.6 is 7.60 Å². The summed E-state index contributed by atoms with van der Waals surface area (Å²) in [6.45, 7) is 0. The molecule has 1 saturated carbocycles. The van der Waals surface area contributed by atoms with Crippen molar-refractivity contribution in [1.29, 1.82) is 0 Å². The Balaban J connectivity index is 2.38. The van der Waals surface area contributed by atoms with Gasteiger partial charge in [-0.15, -0.1) is 0 Å². The first-order valence-corrected chi connectivity index (χ1v) is 7.09. The second-order valence-electron chi connectivity index (χ2n) is 4.04. The van der Waals surface area contributed by atoms with E-state index < -0.39 is 7.60 Å². The molecule has 0 aromatic heterocycles. The Labute approximate surface area is 91.8 Å². The van der Waals surface area contributed by atoms with Gasteiger partial charge in [0.15, 0.2) is 0 Å². The minimum atomic E-state index is -2.82. The predicted molar refractivity (Wildman–Crippen MR) is 59.2 cm³/mol. The molecule has 0 heterocycles. The molecule has 0 aromatic rings. The molecule has 0 saturated heterocycles. The van der Waals surface area contributed by atoms with Gasteiger partial charge in [-0.25, -0.2) is 0 Å². The van der Waals surface area contributed by atoms with E-state index in [4.69, 9.17) is 13.8 Å². The second-order valence-corrected chi connectivity index (χ2v) is 6.35.